The highest BCUT2D eigenvalue weighted by molar-refractivity contribution is 5.79. The number of rotatable bonds is 7. The van der Waals surface area contributed by atoms with Gasteiger partial charge in [0.1, 0.15) is 0 Å². The number of hydrogen-bond acceptors (Lipinski definition) is 2. The summed E-state index contributed by atoms with van der Waals surface area (Å²) in [6.07, 6.45) is 4.93. The van der Waals surface area contributed by atoms with Gasteiger partial charge in [0.2, 0.25) is 0 Å². The van der Waals surface area contributed by atoms with Crippen LogP contribution >= 0.6 is 0 Å². The van der Waals surface area contributed by atoms with Crippen LogP contribution in [0.4, 0.5) is 0 Å². The lowest BCUT2D eigenvalue weighted by molar-refractivity contribution is -0.131. The Kier molecular flexibility index (Phi) is 7.30. The Morgan fingerprint density at radius 2 is 2.31 bits per heavy atom. The molecule has 0 rings (SSSR count). The van der Waals surface area contributed by atoms with Crippen LogP contribution in [0.2, 0.25) is 0 Å². The van der Waals surface area contributed by atoms with Crippen LogP contribution in [0.15, 0.2) is 12.2 Å². The number of ether oxygens (including phenoxy) is 1. The van der Waals surface area contributed by atoms with Gasteiger partial charge >= 0.3 is 5.97 Å². The van der Waals surface area contributed by atoms with Gasteiger partial charge in [-0.25, -0.2) is 4.79 Å². The molecule has 3 nitrogen and oxygen atoms in total. The number of carboxylic acids is 1. The second-order valence-corrected chi connectivity index (χ2v) is 3.17. The molecule has 0 aliphatic carbocycles. The monoisotopic (exact) mass is 186 g/mol. The van der Waals surface area contributed by atoms with Crippen LogP contribution in [0.25, 0.3) is 0 Å². The van der Waals surface area contributed by atoms with Crippen molar-refractivity contribution < 1.29 is 14.6 Å². The van der Waals surface area contributed by atoms with Crippen LogP contribution < -0.4 is 0 Å². The lowest BCUT2D eigenvalue weighted by Gasteiger charge is -2.08. The van der Waals surface area contributed by atoms with E-state index in [0.717, 1.165) is 18.9 Å². The average Bonchev–Trinajstić information content (AvgIpc) is 2.03. The SMILES string of the molecule is CCCC(C)COC/C=C/C(=O)O. The maximum Gasteiger partial charge on any atom is 0.328 e. The minimum absolute atomic E-state index is 0.389. The van der Waals surface area contributed by atoms with E-state index >= 15 is 0 Å². The topological polar surface area (TPSA) is 46.5 Å². The lowest BCUT2D eigenvalue weighted by atomic mass is 10.1. The number of carboxylic acid groups (broad SMARTS) is 1. The number of aliphatic carboxylic acids is 1. The first-order valence-electron chi connectivity index (χ1n) is 4.64. The van der Waals surface area contributed by atoms with E-state index in [9.17, 15) is 4.79 Å². The van der Waals surface area contributed by atoms with E-state index in [1.165, 1.54) is 6.08 Å². The fourth-order valence-corrected chi connectivity index (χ4v) is 1.06. The third-order valence-corrected chi connectivity index (χ3v) is 1.66. The summed E-state index contributed by atoms with van der Waals surface area (Å²) in [5.41, 5.74) is 0. The number of carbonyl (C=O) groups is 1. The molecule has 0 radical (unpaired) electrons. The normalized spacial score (nSPS) is 13.4. The van der Waals surface area contributed by atoms with Gasteiger partial charge in [0.25, 0.3) is 0 Å². The molecule has 0 spiro atoms. The van der Waals surface area contributed by atoms with Crippen LogP contribution in [0.3, 0.4) is 0 Å². The average molecular weight is 186 g/mol. The molecule has 1 N–H and O–H groups in total. The van der Waals surface area contributed by atoms with E-state index in [1.54, 1.807) is 0 Å². The fraction of sp³-hybridized carbons (Fsp3) is 0.700. The molecule has 0 aliphatic heterocycles. The first-order valence-corrected chi connectivity index (χ1v) is 4.64. The van der Waals surface area contributed by atoms with E-state index in [0.29, 0.717) is 19.1 Å². The minimum atomic E-state index is -0.926. The largest absolute Gasteiger partial charge is 0.478 e. The Balaban J connectivity index is 3.29. The van der Waals surface area contributed by atoms with Crippen molar-refractivity contribution in [3.63, 3.8) is 0 Å². The zero-order valence-electron chi connectivity index (χ0n) is 8.32. The van der Waals surface area contributed by atoms with Crippen molar-refractivity contribution in [3.8, 4) is 0 Å². The highest BCUT2D eigenvalue weighted by atomic mass is 16.5. The predicted octanol–water partition coefficient (Wildman–Crippen LogP) is 2.08. The van der Waals surface area contributed by atoms with Crippen LogP contribution in [-0.2, 0) is 9.53 Å². The van der Waals surface area contributed by atoms with E-state index in [4.69, 9.17) is 9.84 Å². The Morgan fingerprint density at radius 3 is 2.85 bits per heavy atom. The van der Waals surface area contributed by atoms with Crippen molar-refractivity contribution in [1.29, 1.82) is 0 Å². The Hall–Kier alpha value is -0.830. The standard InChI is InChI=1S/C10H18O3/c1-3-5-9(2)8-13-7-4-6-10(11)12/h4,6,9H,3,5,7-8H2,1-2H3,(H,11,12)/b6-4+. The summed E-state index contributed by atoms with van der Waals surface area (Å²) in [5, 5.41) is 8.26. The lowest BCUT2D eigenvalue weighted by Crippen LogP contribution is -2.05. The molecule has 0 aromatic rings. The van der Waals surface area contributed by atoms with Crippen molar-refractivity contribution in [2.75, 3.05) is 13.2 Å². The maximum atomic E-state index is 10.1. The molecule has 1 atom stereocenters. The molecule has 13 heavy (non-hydrogen) atoms. The molecule has 0 amide bonds. The van der Waals surface area contributed by atoms with Crippen LogP contribution in [0, 0.1) is 5.92 Å². The predicted molar refractivity (Wildman–Crippen MR) is 51.7 cm³/mol. The highest BCUT2D eigenvalue weighted by Crippen LogP contribution is 2.04. The minimum Gasteiger partial charge on any atom is -0.478 e. The van der Waals surface area contributed by atoms with Crippen molar-refractivity contribution >= 4 is 5.97 Å². The van der Waals surface area contributed by atoms with Gasteiger partial charge in [-0.3, -0.25) is 0 Å². The first-order chi connectivity index (χ1) is 6.16. The van der Waals surface area contributed by atoms with Gasteiger partial charge in [-0.15, -0.1) is 0 Å². The van der Waals surface area contributed by atoms with E-state index in [2.05, 4.69) is 13.8 Å². The van der Waals surface area contributed by atoms with E-state index in [1.807, 2.05) is 0 Å². The second kappa shape index (κ2) is 7.80. The summed E-state index contributed by atoms with van der Waals surface area (Å²) in [7, 11) is 0. The van der Waals surface area contributed by atoms with Gasteiger partial charge in [-0.1, -0.05) is 26.3 Å². The molecular weight excluding hydrogens is 168 g/mol. The zero-order chi connectivity index (χ0) is 10.1. The van der Waals surface area contributed by atoms with Crippen LogP contribution in [0.1, 0.15) is 26.7 Å². The van der Waals surface area contributed by atoms with Crippen LogP contribution in [-0.4, -0.2) is 24.3 Å². The Labute approximate surface area is 79.4 Å². The molecule has 0 fully saturated rings. The molecule has 0 bridgehead atoms. The van der Waals surface area contributed by atoms with Gasteiger partial charge in [0.05, 0.1) is 6.61 Å². The molecule has 0 aliphatic rings. The molecule has 0 aromatic carbocycles. The first kappa shape index (κ1) is 12.2. The summed E-state index contributed by atoms with van der Waals surface area (Å²) in [6.45, 7) is 5.36. The van der Waals surface area contributed by atoms with E-state index in [-0.39, 0.29) is 0 Å². The fourth-order valence-electron chi connectivity index (χ4n) is 1.06. The van der Waals surface area contributed by atoms with Crippen molar-refractivity contribution in [3.05, 3.63) is 12.2 Å². The number of hydrogen-bond donors (Lipinski definition) is 1. The van der Waals surface area contributed by atoms with Gasteiger partial charge in [0, 0.05) is 12.7 Å². The third kappa shape index (κ3) is 9.08. The molecule has 1 unspecified atom stereocenters. The maximum absolute atomic E-state index is 10.1. The van der Waals surface area contributed by atoms with Crippen LogP contribution in [0.5, 0.6) is 0 Å². The highest BCUT2D eigenvalue weighted by Gasteiger charge is 1.98. The molecule has 0 saturated heterocycles. The van der Waals surface area contributed by atoms with E-state index < -0.39 is 5.97 Å². The second-order valence-electron chi connectivity index (χ2n) is 3.17. The summed E-state index contributed by atoms with van der Waals surface area (Å²) >= 11 is 0. The Morgan fingerprint density at radius 1 is 1.62 bits per heavy atom. The summed E-state index contributed by atoms with van der Waals surface area (Å²) in [6, 6.07) is 0. The Bertz CT molecular complexity index is 164. The zero-order valence-corrected chi connectivity index (χ0v) is 8.32. The quantitative estimate of drug-likeness (QED) is 0.489. The molecule has 0 saturated carbocycles. The third-order valence-electron chi connectivity index (χ3n) is 1.66. The van der Waals surface area contributed by atoms with Crippen molar-refractivity contribution in [1.82, 2.24) is 0 Å². The summed E-state index contributed by atoms with van der Waals surface area (Å²) in [4.78, 5) is 10.1. The van der Waals surface area contributed by atoms with Gasteiger partial charge in [0.15, 0.2) is 0 Å². The van der Waals surface area contributed by atoms with Gasteiger partial charge < -0.3 is 9.84 Å². The molecule has 76 valence electrons. The summed E-state index contributed by atoms with van der Waals surface area (Å²) in [5.74, 6) is -0.367. The smallest absolute Gasteiger partial charge is 0.328 e. The summed E-state index contributed by atoms with van der Waals surface area (Å²) < 4.78 is 5.25. The van der Waals surface area contributed by atoms with Gasteiger partial charge in [-0.2, -0.15) is 0 Å². The van der Waals surface area contributed by atoms with Crippen molar-refractivity contribution in [2.24, 2.45) is 5.92 Å². The van der Waals surface area contributed by atoms with Crippen molar-refractivity contribution in [2.45, 2.75) is 26.7 Å². The molecular formula is C10H18O3. The molecule has 3 heteroatoms. The molecule has 0 aromatic heterocycles. The van der Waals surface area contributed by atoms with Gasteiger partial charge in [-0.05, 0) is 12.3 Å². The molecule has 0 heterocycles.